The van der Waals surface area contributed by atoms with Gasteiger partial charge in [0.05, 0.1) is 6.61 Å². The zero-order valence-corrected chi connectivity index (χ0v) is 13.7. The molecule has 23 heavy (non-hydrogen) atoms. The third kappa shape index (κ3) is 3.46. The quantitative estimate of drug-likeness (QED) is 0.637. The van der Waals surface area contributed by atoms with E-state index in [0.29, 0.717) is 5.92 Å². The van der Waals surface area contributed by atoms with Crippen molar-refractivity contribution in [1.82, 2.24) is 0 Å². The topological polar surface area (TPSA) is 20.2 Å². The van der Waals surface area contributed by atoms with Gasteiger partial charge in [-0.15, -0.1) is 0 Å². The molecule has 3 aromatic carbocycles. The molecule has 0 amide bonds. The first-order chi connectivity index (χ1) is 11.3. The van der Waals surface area contributed by atoms with Crippen molar-refractivity contribution in [2.45, 2.75) is 31.6 Å². The van der Waals surface area contributed by atoms with Gasteiger partial charge in [0.15, 0.2) is 0 Å². The van der Waals surface area contributed by atoms with Crippen LogP contribution < -0.4 is 0 Å². The van der Waals surface area contributed by atoms with Gasteiger partial charge in [-0.2, -0.15) is 0 Å². The summed E-state index contributed by atoms with van der Waals surface area (Å²) in [5.41, 5.74) is 2.55. The molecule has 0 aliphatic rings. The molecule has 0 fully saturated rings. The minimum absolute atomic E-state index is 0.150. The number of fused-ring (bicyclic) bond motifs is 1. The summed E-state index contributed by atoms with van der Waals surface area (Å²) in [5, 5.41) is 12.6. The van der Waals surface area contributed by atoms with Gasteiger partial charge in [-0.25, -0.2) is 0 Å². The molecule has 0 aromatic heterocycles. The number of aliphatic hydroxyl groups excluding tert-OH is 1. The molecule has 0 aliphatic carbocycles. The standard InChI is InChI=1S/C22H24O/c1-2-8-21(22(16-23)18-10-4-3-5-11-18)20-14-13-17-9-6-7-12-19(17)15-20/h3-7,9-15,21-23H,2,8,16H2,1H3/t21?,22-/m1/s1. The van der Waals surface area contributed by atoms with Crippen molar-refractivity contribution in [1.29, 1.82) is 0 Å². The van der Waals surface area contributed by atoms with Crippen molar-refractivity contribution in [2.24, 2.45) is 0 Å². The molecule has 0 bridgehead atoms. The van der Waals surface area contributed by atoms with Gasteiger partial charge in [0.2, 0.25) is 0 Å². The van der Waals surface area contributed by atoms with Crippen LogP contribution in [0.15, 0.2) is 72.8 Å². The Morgan fingerprint density at radius 3 is 2.13 bits per heavy atom. The molecular formula is C22H24O. The Morgan fingerprint density at radius 1 is 0.739 bits per heavy atom. The van der Waals surface area contributed by atoms with Gasteiger partial charge in [-0.1, -0.05) is 86.1 Å². The minimum Gasteiger partial charge on any atom is -0.396 e. The second kappa shape index (κ2) is 7.43. The molecule has 0 saturated carbocycles. The number of hydrogen-bond acceptors (Lipinski definition) is 1. The van der Waals surface area contributed by atoms with Crippen LogP contribution in [-0.4, -0.2) is 11.7 Å². The van der Waals surface area contributed by atoms with E-state index < -0.39 is 0 Å². The number of rotatable bonds is 6. The fourth-order valence-corrected chi connectivity index (χ4v) is 3.51. The predicted octanol–water partition coefficient (Wildman–Crippen LogP) is 5.50. The Morgan fingerprint density at radius 2 is 1.43 bits per heavy atom. The Hall–Kier alpha value is -2.12. The summed E-state index contributed by atoms with van der Waals surface area (Å²) in [4.78, 5) is 0. The fourth-order valence-electron chi connectivity index (χ4n) is 3.51. The Balaban J connectivity index is 2.01. The maximum absolute atomic E-state index is 10.1. The maximum Gasteiger partial charge on any atom is 0.0505 e. The zero-order chi connectivity index (χ0) is 16.1. The summed E-state index contributed by atoms with van der Waals surface area (Å²) < 4.78 is 0. The highest BCUT2D eigenvalue weighted by atomic mass is 16.3. The predicted molar refractivity (Wildman–Crippen MR) is 97.9 cm³/mol. The van der Waals surface area contributed by atoms with Crippen LogP contribution in [0, 0.1) is 0 Å². The molecule has 0 aliphatic heterocycles. The molecule has 3 rings (SSSR count). The Labute approximate surface area is 138 Å². The lowest BCUT2D eigenvalue weighted by molar-refractivity contribution is 0.243. The van der Waals surface area contributed by atoms with Gasteiger partial charge in [0.25, 0.3) is 0 Å². The first-order valence-electron chi connectivity index (χ1n) is 8.48. The monoisotopic (exact) mass is 304 g/mol. The molecule has 1 N–H and O–H groups in total. The lowest BCUT2D eigenvalue weighted by Crippen LogP contribution is -2.15. The molecule has 1 nitrogen and oxygen atoms in total. The molecule has 0 spiro atoms. The molecule has 0 heterocycles. The normalized spacial score (nSPS) is 13.8. The molecule has 1 heteroatoms. The van der Waals surface area contributed by atoms with Gasteiger partial charge in [0, 0.05) is 5.92 Å². The number of aliphatic hydroxyl groups is 1. The second-order valence-corrected chi connectivity index (χ2v) is 6.20. The van der Waals surface area contributed by atoms with Gasteiger partial charge in [-0.05, 0) is 34.2 Å². The van der Waals surface area contributed by atoms with E-state index in [4.69, 9.17) is 0 Å². The smallest absolute Gasteiger partial charge is 0.0505 e. The Kier molecular flexibility index (Phi) is 5.09. The first-order valence-corrected chi connectivity index (χ1v) is 8.48. The molecule has 2 atom stereocenters. The first kappa shape index (κ1) is 15.8. The van der Waals surface area contributed by atoms with Crippen LogP contribution in [0.2, 0.25) is 0 Å². The number of benzene rings is 3. The molecule has 0 saturated heterocycles. The zero-order valence-electron chi connectivity index (χ0n) is 13.7. The van der Waals surface area contributed by atoms with Crippen LogP contribution in [0.5, 0.6) is 0 Å². The summed E-state index contributed by atoms with van der Waals surface area (Å²) in [7, 11) is 0. The van der Waals surface area contributed by atoms with E-state index >= 15 is 0 Å². The SMILES string of the molecule is CCCC(c1ccc2ccccc2c1)[C@H](CO)c1ccccc1. The van der Waals surface area contributed by atoms with Gasteiger partial charge in [-0.3, -0.25) is 0 Å². The summed E-state index contributed by atoms with van der Waals surface area (Å²) in [6, 6.07) is 25.6. The van der Waals surface area contributed by atoms with Crippen molar-refractivity contribution >= 4 is 10.8 Å². The fraction of sp³-hybridized carbons (Fsp3) is 0.273. The minimum atomic E-state index is 0.150. The van der Waals surface area contributed by atoms with Gasteiger partial charge < -0.3 is 5.11 Å². The number of hydrogen-bond donors (Lipinski definition) is 1. The molecule has 0 radical (unpaired) electrons. The summed E-state index contributed by atoms with van der Waals surface area (Å²) >= 11 is 0. The van der Waals surface area contributed by atoms with Crippen LogP contribution in [0.25, 0.3) is 10.8 Å². The molecule has 118 valence electrons. The summed E-state index contributed by atoms with van der Waals surface area (Å²) in [6.07, 6.45) is 2.19. The van der Waals surface area contributed by atoms with E-state index in [9.17, 15) is 5.11 Å². The van der Waals surface area contributed by atoms with Crippen LogP contribution >= 0.6 is 0 Å². The van der Waals surface area contributed by atoms with Crippen molar-refractivity contribution in [3.63, 3.8) is 0 Å². The molecule has 1 unspecified atom stereocenters. The lowest BCUT2D eigenvalue weighted by atomic mass is 9.79. The largest absolute Gasteiger partial charge is 0.396 e. The van der Waals surface area contributed by atoms with E-state index in [2.05, 4.69) is 73.7 Å². The average molecular weight is 304 g/mol. The summed E-state index contributed by atoms with van der Waals surface area (Å²) in [6.45, 7) is 2.40. The third-order valence-electron chi connectivity index (χ3n) is 4.71. The van der Waals surface area contributed by atoms with Crippen LogP contribution in [-0.2, 0) is 0 Å². The second-order valence-electron chi connectivity index (χ2n) is 6.20. The lowest BCUT2D eigenvalue weighted by Gasteiger charge is -2.26. The van der Waals surface area contributed by atoms with Gasteiger partial charge in [0.1, 0.15) is 0 Å². The molecule has 3 aromatic rings. The van der Waals surface area contributed by atoms with E-state index in [1.165, 1.54) is 21.9 Å². The highest BCUT2D eigenvalue weighted by Crippen LogP contribution is 2.37. The maximum atomic E-state index is 10.1. The summed E-state index contributed by atoms with van der Waals surface area (Å²) in [5.74, 6) is 0.495. The highest BCUT2D eigenvalue weighted by molar-refractivity contribution is 5.83. The Bertz CT molecular complexity index is 748. The molecular weight excluding hydrogens is 280 g/mol. The van der Waals surface area contributed by atoms with E-state index in [-0.39, 0.29) is 12.5 Å². The highest BCUT2D eigenvalue weighted by Gasteiger charge is 2.23. The van der Waals surface area contributed by atoms with Crippen molar-refractivity contribution in [3.8, 4) is 0 Å². The van der Waals surface area contributed by atoms with Gasteiger partial charge >= 0.3 is 0 Å². The van der Waals surface area contributed by atoms with Crippen LogP contribution in [0.1, 0.15) is 42.7 Å². The van der Waals surface area contributed by atoms with Crippen molar-refractivity contribution < 1.29 is 5.11 Å². The van der Waals surface area contributed by atoms with E-state index in [1.807, 2.05) is 6.07 Å². The van der Waals surface area contributed by atoms with E-state index in [1.54, 1.807) is 0 Å². The van der Waals surface area contributed by atoms with E-state index in [0.717, 1.165) is 12.8 Å². The van der Waals surface area contributed by atoms with Crippen molar-refractivity contribution in [2.75, 3.05) is 6.61 Å². The van der Waals surface area contributed by atoms with Crippen LogP contribution in [0.3, 0.4) is 0 Å². The third-order valence-corrected chi connectivity index (χ3v) is 4.71. The van der Waals surface area contributed by atoms with Crippen LogP contribution in [0.4, 0.5) is 0 Å². The van der Waals surface area contributed by atoms with Crippen molar-refractivity contribution in [3.05, 3.63) is 83.9 Å². The average Bonchev–Trinajstić information content (AvgIpc) is 2.62.